The Morgan fingerprint density at radius 3 is 2.42 bits per heavy atom. The largest absolute Gasteiger partial charge is 0.398 e. The predicted molar refractivity (Wildman–Crippen MR) is 58.3 cm³/mol. The second-order valence-electron chi connectivity index (χ2n) is 2.56. The van der Waals surface area contributed by atoms with Gasteiger partial charge in [-0.15, -0.1) is 0 Å². The van der Waals surface area contributed by atoms with E-state index in [-0.39, 0.29) is 6.07 Å². The summed E-state index contributed by atoms with van der Waals surface area (Å²) in [6, 6.07) is 2.22. The maximum atomic E-state index is 5.55. The fourth-order valence-electron chi connectivity index (χ4n) is 1.16. The smallest absolute Gasteiger partial charge is 0.339 e. The van der Waals surface area contributed by atoms with Gasteiger partial charge in [0.25, 0.3) is 0 Å². The summed E-state index contributed by atoms with van der Waals surface area (Å²) in [5.74, 6) is 0. The van der Waals surface area contributed by atoms with Crippen LogP contribution < -0.4 is 0 Å². The topological polar surface area (TPSA) is 18.5 Å². The van der Waals surface area contributed by atoms with E-state index in [1.54, 1.807) is 7.11 Å². The monoisotopic (exact) mass is 274 g/mol. The third kappa shape index (κ3) is 4.23. The fourth-order valence-corrected chi connectivity index (χ4v) is 5.88. The maximum Gasteiger partial charge on any atom is 0.339 e. The van der Waals surface area contributed by atoms with Crippen molar-refractivity contribution in [2.24, 2.45) is 0 Å². The summed E-state index contributed by atoms with van der Waals surface area (Å²) in [4.78, 5) is 0. The zero-order valence-electron chi connectivity index (χ0n) is 7.61. The predicted octanol–water partition coefficient (Wildman–Crippen LogP) is 3.09. The van der Waals surface area contributed by atoms with Gasteiger partial charge in [0.2, 0.25) is 0 Å². The van der Waals surface area contributed by atoms with Crippen molar-refractivity contribution in [1.82, 2.24) is 0 Å². The first-order chi connectivity index (χ1) is 5.74. The van der Waals surface area contributed by atoms with Gasteiger partial charge in [-0.2, -0.15) is 0 Å². The van der Waals surface area contributed by atoms with Crippen LogP contribution in [0.2, 0.25) is 12.1 Å². The summed E-state index contributed by atoms with van der Waals surface area (Å²) in [5, 5.41) is 0.921. The van der Waals surface area contributed by atoms with Crippen LogP contribution in [0.3, 0.4) is 0 Å². The lowest BCUT2D eigenvalue weighted by atomic mass is 10.6. The maximum absolute atomic E-state index is 5.55. The molecule has 0 aromatic heterocycles. The molecule has 0 aromatic carbocycles. The average molecular weight is 276 g/mol. The van der Waals surface area contributed by atoms with Crippen LogP contribution in [0.1, 0.15) is 13.3 Å². The lowest BCUT2D eigenvalue weighted by Crippen LogP contribution is -2.41. The molecule has 0 aromatic rings. The minimum atomic E-state index is -1.95. The minimum Gasteiger partial charge on any atom is -0.398 e. The van der Waals surface area contributed by atoms with E-state index in [4.69, 9.17) is 20.5 Å². The molecule has 12 heavy (non-hydrogen) atoms. The van der Waals surface area contributed by atoms with E-state index in [1.807, 2.05) is 0 Å². The van der Waals surface area contributed by atoms with Gasteiger partial charge in [-0.05, 0) is 6.04 Å². The van der Waals surface area contributed by atoms with Crippen molar-refractivity contribution in [3.05, 3.63) is 0 Å². The molecule has 0 aliphatic rings. The van der Waals surface area contributed by atoms with Gasteiger partial charge in [-0.1, -0.05) is 40.9 Å². The molecular weight excluding hydrogens is 260 g/mol. The van der Waals surface area contributed by atoms with E-state index in [2.05, 4.69) is 22.9 Å². The summed E-state index contributed by atoms with van der Waals surface area (Å²) in [7, 11) is -0.229. The molecule has 0 rings (SSSR count). The molecule has 0 heterocycles. The number of hydrogen-bond acceptors (Lipinski definition) is 2. The molecule has 0 bridgehead atoms. The highest BCUT2D eigenvalue weighted by molar-refractivity contribution is 9.09. The van der Waals surface area contributed by atoms with Gasteiger partial charge in [-0.25, -0.2) is 0 Å². The lowest BCUT2D eigenvalue weighted by molar-refractivity contribution is 0.231. The molecule has 5 heteroatoms. The Kier molecular flexibility index (Phi) is 7.88. The highest BCUT2D eigenvalue weighted by Gasteiger charge is 2.34. The molecule has 0 fully saturated rings. The summed E-state index contributed by atoms with van der Waals surface area (Å²) in [6.45, 7) is 2.13. The van der Waals surface area contributed by atoms with Gasteiger partial charge in [0.15, 0.2) is 0 Å². The number of alkyl halides is 2. The quantitative estimate of drug-likeness (QED) is 0.525. The Morgan fingerprint density at radius 2 is 2.08 bits per heavy atom. The molecule has 0 aliphatic heterocycles. The Hall–Kier alpha value is 0.907. The van der Waals surface area contributed by atoms with Gasteiger partial charge in [-0.3, -0.25) is 0 Å². The van der Waals surface area contributed by atoms with E-state index in [1.165, 1.54) is 0 Å². The van der Waals surface area contributed by atoms with Crippen LogP contribution in [0.4, 0.5) is 0 Å². The minimum absolute atomic E-state index is 0.243. The average Bonchev–Trinajstić information content (AvgIpc) is 2.06. The molecule has 0 radical (unpaired) electrons. The Balaban J connectivity index is 4.06. The molecule has 0 N–H and O–H groups in total. The van der Waals surface area contributed by atoms with Crippen LogP contribution in [-0.4, -0.2) is 27.1 Å². The molecule has 0 amide bonds. The zero-order chi connectivity index (χ0) is 9.45. The third-order valence-electron chi connectivity index (χ3n) is 1.80. The summed E-state index contributed by atoms with van der Waals surface area (Å²) in [6.07, 6.45) is 1.09. The first-order valence-electron chi connectivity index (χ1n) is 4.05. The van der Waals surface area contributed by atoms with E-state index in [0.717, 1.165) is 23.8 Å². The van der Waals surface area contributed by atoms with Crippen molar-refractivity contribution in [2.45, 2.75) is 25.4 Å². The van der Waals surface area contributed by atoms with Crippen LogP contribution in [0.15, 0.2) is 0 Å². The standard InChI is InChI=1S/C7H16BrClO2Si/c1-3-5-12(10-2,6-4-8)11-7-9/h3-7H2,1-2H3. The Bertz CT molecular complexity index is 98.6. The molecule has 1 atom stereocenters. The van der Waals surface area contributed by atoms with E-state index < -0.39 is 8.56 Å². The van der Waals surface area contributed by atoms with Gasteiger partial charge in [0, 0.05) is 18.5 Å². The normalized spacial score (nSPS) is 16.0. The van der Waals surface area contributed by atoms with Crippen molar-refractivity contribution < 1.29 is 8.85 Å². The number of hydrogen-bond donors (Lipinski definition) is 0. The third-order valence-corrected chi connectivity index (χ3v) is 6.90. The van der Waals surface area contributed by atoms with Crippen molar-refractivity contribution in [1.29, 1.82) is 0 Å². The summed E-state index contributed by atoms with van der Waals surface area (Å²) < 4.78 is 11.0. The molecule has 0 aliphatic carbocycles. The van der Waals surface area contributed by atoms with Gasteiger partial charge in [0.05, 0.1) is 0 Å². The van der Waals surface area contributed by atoms with Crippen molar-refractivity contribution in [3.8, 4) is 0 Å². The first-order valence-corrected chi connectivity index (χ1v) is 7.94. The molecule has 2 nitrogen and oxygen atoms in total. The van der Waals surface area contributed by atoms with E-state index >= 15 is 0 Å². The summed E-state index contributed by atoms with van der Waals surface area (Å²) in [5.41, 5.74) is 0. The number of halogens is 2. The zero-order valence-corrected chi connectivity index (χ0v) is 10.9. The van der Waals surface area contributed by atoms with Crippen LogP contribution in [-0.2, 0) is 8.85 Å². The van der Waals surface area contributed by atoms with Crippen LogP contribution in [0.25, 0.3) is 0 Å². The van der Waals surface area contributed by atoms with Crippen LogP contribution in [0.5, 0.6) is 0 Å². The summed E-state index contributed by atoms with van der Waals surface area (Å²) >= 11 is 8.95. The molecule has 0 spiro atoms. The second kappa shape index (κ2) is 7.32. The molecule has 0 saturated carbocycles. The Labute approximate surface area is 89.0 Å². The Morgan fingerprint density at radius 1 is 1.42 bits per heavy atom. The molecule has 0 saturated heterocycles. The van der Waals surface area contributed by atoms with Gasteiger partial charge >= 0.3 is 8.56 Å². The lowest BCUT2D eigenvalue weighted by Gasteiger charge is -2.27. The van der Waals surface area contributed by atoms with E-state index in [9.17, 15) is 0 Å². The van der Waals surface area contributed by atoms with Crippen molar-refractivity contribution >= 4 is 36.1 Å². The van der Waals surface area contributed by atoms with Crippen LogP contribution >= 0.6 is 27.5 Å². The van der Waals surface area contributed by atoms with Crippen molar-refractivity contribution in [3.63, 3.8) is 0 Å². The van der Waals surface area contributed by atoms with Crippen LogP contribution in [0, 0.1) is 0 Å². The fraction of sp³-hybridized carbons (Fsp3) is 1.00. The second-order valence-corrected chi connectivity index (χ2v) is 7.09. The molecular formula is C7H16BrClO2Si. The number of rotatable bonds is 7. The SMILES string of the molecule is CCC[Si](CCBr)(OC)OCCl. The molecule has 74 valence electrons. The van der Waals surface area contributed by atoms with Gasteiger partial charge < -0.3 is 8.85 Å². The highest BCUT2D eigenvalue weighted by atomic mass is 79.9. The van der Waals surface area contributed by atoms with Crippen molar-refractivity contribution in [2.75, 3.05) is 18.5 Å². The highest BCUT2D eigenvalue weighted by Crippen LogP contribution is 2.21. The molecule has 1 unspecified atom stereocenters. The van der Waals surface area contributed by atoms with Gasteiger partial charge in [0.1, 0.15) is 6.07 Å². The first kappa shape index (κ1) is 12.9. The van der Waals surface area contributed by atoms with E-state index in [0.29, 0.717) is 0 Å².